The van der Waals surface area contributed by atoms with Crippen LogP contribution in [0.3, 0.4) is 0 Å². The first-order chi connectivity index (χ1) is 17.7. The second-order valence-corrected chi connectivity index (χ2v) is 9.27. The number of nitrogens with zero attached hydrogens (tertiary/aromatic N) is 5. The number of carbonyl (C=O) groups excluding carboxylic acids is 1. The van der Waals surface area contributed by atoms with Gasteiger partial charge in [0.2, 0.25) is 5.91 Å². The highest BCUT2D eigenvalue weighted by atomic mass is 16.1. The first-order valence-electron chi connectivity index (χ1n) is 12.5. The summed E-state index contributed by atoms with van der Waals surface area (Å²) in [6, 6.07) is 8.15. The Labute approximate surface area is 208 Å². The van der Waals surface area contributed by atoms with Gasteiger partial charge in [-0.15, -0.1) is 0 Å². The maximum Gasteiger partial charge on any atom is 0.224 e. The zero-order valence-electron chi connectivity index (χ0n) is 20.2. The van der Waals surface area contributed by atoms with E-state index >= 15 is 0 Å². The first-order valence-corrected chi connectivity index (χ1v) is 12.5. The molecule has 9 heteroatoms. The number of hydrogen-bond acceptors (Lipinski definition) is 6. The van der Waals surface area contributed by atoms with Crippen molar-refractivity contribution < 1.29 is 4.79 Å². The fourth-order valence-electron chi connectivity index (χ4n) is 4.93. The number of hydrogen-bond donors (Lipinski definition) is 3. The van der Waals surface area contributed by atoms with Crippen molar-refractivity contribution in [1.29, 1.82) is 0 Å². The van der Waals surface area contributed by atoms with Crippen molar-refractivity contribution in [3.05, 3.63) is 49.1 Å². The number of aromatic amines is 2. The smallest absolute Gasteiger partial charge is 0.224 e. The molecule has 1 fully saturated rings. The summed E-state index contributed by atoms with van der Waals surface area (Å²) in [5.41, 5.74) is 6.89. The summed E-state index contributed by atoms with van der Waals surface area (Å²) in [7, 11) is 0. The Kier molecular flexibility index (Phi) is 5.80. The van der Waals surface area contributed by atoms with E-state index in [1.807, 2.05) is 25.3 Å². The zero-order valence-corrected chi connectivity index (χ0v) is 20.2. The Morgan fingerprint density at radius 1 is 1.06 bits per heavy atom. The molecule has 182 valence electrons. The summed E-state index contributed by atoms with van der Waals surface area (Å²) >= 11 is 0. The lowest BCUT2D eigenvalue weighted by Gasteiger charge is -2.29. The molecule has 0 spiro atoms. The van der Waals surface area contributed by atoms with Crippen molar-refractivity contribution >= 4 is 39.2 Å². The molecule has 0 aromatic carbocycles. The Hall–Kier alpha value is -4.27. The second-order valence-electron chi connectivity index (χ2n) is 9.27. The molecule has 5 aromatic heterocycles. The van der Waals surface area contributed by atoms with Crippen LogP contribution in [0.5, 0.6) is 0 Å². The van der Waals surface area contributed by atoms with Crippen LogP contribution >= 0.6 is 0 Å². The highest BCUT2D eigenvalue weighted by Crippen LogP contribution is 2.34. The number of fused-ring (bicyclic) bond motifs is 2. The summed E-state index contributed by atoms with van der Waals surface area (Å²) < 4.78 is 0. The van der Waals surface area contributed by atoms with Crippen LogP contribution in [0.15, 0.2) is 49.1 Å². The van der Waals surface area contributed by atoms with Gasteiger partial charge in [-0.05, 0) is 49.9 Å². The molecule has 36 heavy (non-hydrogen) atoms. The van der Waals surface area contributed by atoms with Crippen LogP contribution in [-0.4, -0.2) is 49.1 Å². The maximum atomic E-state index is 12.0. The standard InChI is InChI=1S/C27H28N8O/c1-2-6-25(36)31-18-11-17(14-28-15-18)21-12-19-23(16-30-21)33-34-26(19)22-13-20-24(7-8-29-27(20)32-22)35-9-4-3-5-10-35/h7-8,11-16H,2-6,9-10H2,1H3,(H,29,32)(H,31,36)(H,33,34). The van der Waals surface area contributed by atoms with Gasteiger partial charge in [0.1, 0.15) is 11.3 Å². The number of carbonyl (C=O) groups is 1. The SMILES string of the molecule is CCCC(=O)Nc1cncc(-c2cc3c(-c4cc5c(N6CCCCC6)ccnc5[nH]4)n[nH]c3cn2)c1. The molecule has 6 heterocycles. The van der Waals surface area contributed by atoms with E-state index in [4.69, 9.17) is 0 Å². The van der Waals surface area contributed by atoms with Crippen molar-refractivity contribution in [3.8, 4) is 22.6 Å². The Balaban J connectivity index is 1.37. The monoisotopic (exact) mass is 480 g/mol. The molecule has 1 aliphatic rings. The molecule has 0 radical (unpaired) electrons. The lowest BCUT2D eigenvalue weighted by molar-refractivity contribution is -0.116. The molecular weight excluding hydrogens is 452 g/mol. The Bertz CT molecular complexity index is 1550. The number of rotatable bonds is 6. The van der Waals surface area contributed by atoms with Gasteiger partial charge < -0.3 is 15.2 Å². The molecular formula is C27H28N8O. The third kappa shape index (κ3) is 4.17. The van der Waals surface area contributed by atoms with E-state index < -0.39 is 0 Å². The van der Waals surface area contributed by atoms with Crippen LogP contribution < -0.4 is 10.2 Å². The van der Waals surface area contributed by atoms with Gasteiger partial charge in [-0.2, -0.15) is 5.10 Å². The average molecular weight is 481 g/mol. The number of H-pyrrole nitrogens is 2. The third-order valence-corrected chi connectivity index (χ3v) is 6.70. The molecule has 0 atom stereocenters. The number of amides is 1. The van der Waals surface area contributed by atoms with Crippen LogP contribution in [0.4, 0.5) is 11.4 Å². The topological polar surface area (TPSA) is 115 Å². The number of anilines is 2. The van der Waals surface area contributed by atoms with Gasteiger partial charge in [0.05, 0.1) is 35.0 Å². The number of piperidine rings is 1. The van der Waals surface area contributed by atoms with E-state index in [2.05, 4.69) is 52.5 Å². The predicted octanol–water partition coefficient (Wildman–Crippen LogP) is 5.29. The lowest BCUT2D eigenvalue weighted by Crippen LogP contribution is -2.29. The fourth-order valence-corrected chi connectivity index (χ4v) is 4.93. The first kappa shape index (κ1) is 22.2. The van der Waals surface area contributed by atoms with Crippen molar-refractivity contribution in [3.63, 3.8) is 0 Å². The van der Waals surface area contributed by atoms with Crippen molar-refractivity contribution in [1.82, 2.24) is 30.1 Å². The molecule has 0 bridgehead atoms. The van der Waals surface area contributed by atoms with Gasteiger partial charge >= 0.3 is 0 Å². The van der Waals surface area contributed by atoms with Crippen molar-refractivity contribution in [2.75, 3.05) is 23.3 Å². The summed E-state index contributed by atoms with van der Waals surface area (Å²) in [4.78, 5) is 31.4. The number of nitrogens with one attached hydrogen (secondary N) is 3. The third-order valence-electron chi connectivity index (χ3n) is 6.70. The average Bonchev–Trinajstić information content (AvgIpc) is 3.53. The van der Waals surface area contributed by atoms with Gasteiger partial charge in [0, 0.05) is 53.9 Å². The van der Waals surface area contributed by atoms with Crippen LogP contribution in [0, 0.1) is 0 Å². The van der Waals surface area contributed by atoms with E-state index in [9.17, 15) is 4.79 Å². The molecule has 0 aliphatic carbocycles. The lowest BCUT2D eigenvalue weighted by atomic mass is 10.1. The number of pyridine rings is 3. The van der Waals surface area contributed by atoms with E-state index in [-0.39, 0.29) is 5.91 Å². The molecule has 1 saturated heterocycles. The minimum atomic E-state index is -0.0201. The highest BCUT2D eigenvalue weighted by molar-refractivity contribution is 5.99. The highest BCUT2D eigenvalue weighted by Gasteiger charge is 2.18. The van der Waals surface area contributed by atoms with E-state index in [1.54, 1.807) is 18.6 Å². The molecule has 0 unspecified atom stereocenters. The summed E-state index contributed by atoms with van der Waals surface area (Å²) in [6.07, 6.45) is 12.1. The maximum absolute atomic E-state index is 12.0. The van der Waals surface area contributed by atoms with Gasteiger partial charge in [-0.25, -0.2) is 4.98 Å². The normalized spacial score (nSPS) is 14.0. The van der Waals surface area contributed by atoms with Gasteiger partial charge in [0.15, 0.2) is 0 Å². The molecule has 1 amide bonds. The molecule has 3 N–H and O–H groups in total. The number of aromatic nitrogens is 6. The molecule has 6 rings (SSSR count). The molecule has 0 saturated carbocycles. The fraction of sp³-hybridized carbons (Fsp3) is 0.296. The van der Waals surface area contributed by atoms with E-state index in [0.717, 1.165) is 64.1 Å². The van der Waals surface area contributed by atoms with Crippen LogP contribution in [0.1, 0.15) is 39.0 Å². The minimum absolute atomic E-state index is 0.0201. The second kappa shape index (κ2) is 9.41. The van der Waals surface area contributed by atoms with Gasteiger partial charge in [-0.1, -0.05) is 6.92 Å². The molecule has 5 aromatic rings. The van der Waals surface area contributed by atoms with Crippen molar-refractivity contribution in [2.24, 2.45) is 0 Å². The summed E-state index contributed by atoms with van der Waals surface area (Å²) in [6.45, 7) is 4.13. The Morgan fingerprint density at radius 3 is 2.81 bits per heavy atom. The summed E-state index contributed by atoms with van der Waals surface area (Å²) in [5, 5.41) is 12.7. The largest absolute Gasteiger partial charge is 0.371 e. The van der Waals surface area contributed by atoms with Crippen LogP contribution in [0.2, 0.25) is 0 Å². The minimum Gasteiger partial charge on any atom is -0.371 e. The zero-order chi connectivity index (χ0) is 24.5. The van der Waals surface area contributed by atoms with E-state index in [1.165, 1.54) is 24.9 Å². The predicted molar refractivity (Wildman–Crippen MR) is 142 cm³/mol. The van der Waals surface area contributed by atoms with Gasteiger partial charge in [-0.3, -0.25) is 19.9 Å². The van der Waals surface area contributed by atoms with Gasteiger partial charge in [0.25, 0.3) is 0 Å². The Morgan fingerprint density at radius 2 is 1.94 bits per heavy atom. The molecule has 9 nitrogen and oxygen atoms in total. The molecule has 1 aliphatic heterocycles. The van der Waals surface area contributed by atoms with Crippen LogP contribution in [-0.2, 0) is 4.79 Å². The van der Waals surface area contributed by atoms with E-state index in [0.29, 0.717) is 12.1 Å². The van der Waals surface area contributed by atoms with Crippen molar-refractivity contribution in [2.45, 2.75) is 39.0 Å². The summed E-state index contributed by atoms with van der Waals surface area (Å²) in [5.74, 6) is -0.0201. The quantitative estimate of drug-likeness (QED) is 0.304. The van der Waals surface area contributed by atoms with Crippen LogP contribution in [0.25, 0.3) is 44.6 Å².